The number of nitrogens with zero attached hydrogens (tertiary/aromatic N) is 2. The van der Waals surface area contributed by atoms with Gasteiger partial charge in [0.25, 0.3) is 0 Å². The second kappa shape index (κ2) is 6.27. The van der Waals surface area contributed by atoms with Crippen LogP contribution in [0.25, 0.3) is 10.8 Å². The first-order valence-electron chi connectivity index (χ1n) is 8.85. The summed E-state index contributed by atoms with van der Waals surface area (Å²) in [5.74, 6) is 1.09. The number of fused-ring (bicyclic) bond motifs is 1. The predicted molar refractivity (Wildman–Crippen MR) is 102 cm³/mol. The first kappa shape index (κ1) is 15.2. The second-order valence-electron chi connectivity index (χ2n) is 7.05. The Morgan fingerprint density at radius 2 is 1.71 bits per heavy atom. The van der Waals surface area contributed by atoms with Crippen LogP contribution in [0.3, 0.4) is 0 Å². The normalized spacial score (nSPS) is 20.4. The molecule has 0 radical (unpaired) electrons. The number of aromatic nitrogens is 1. The highest BCUT2D eigenvalue weighted by Crippen LogP contribution is 2.47. The van der Waals surface area contributed by atoms with Crippen LogP contribution in [0.2, 0.25) is 0 Å². The fraction of sp³-hybridized carbons (Fsp3) is 0.318. The van der Waals surface area contributed by atoms with Crippen molar-refractivity contribution in [3.63, 3.8) is 0 Å². The molecule has 1 aliphatic carbocycles. The van der Waals surface area contributed by atoms with E-state index in [1.165, 1.54) is 47.0 Å². The van der Waals surface area contributed by atoms with E-state index in [2.05, 4.69) is 73.6 Å². The highest BCUT2D eigenvalue weighted by molar-refractivity contribution is 5.86. The zero-order chi connectivity index (χ0) is 16.5. The fourth-order valence-electron chi connectivity index (χ4n) is 4.18. The Kier molecular flexibility index (Phi) is 3.97. The van der Waals surface area contributed by atoms with E-state index in [4.69, 9.17) is 4.98 Å². The van der Waals surface area contributed by atoms with E-state index in [9.17, 15) is 0 Å². The second-order valence-corrected chi connectivity index (χ2v) is 7.05. The van der Waals surface area contributed by atoms with Gasteiger partial charge < -0.3 is 4.90 Å². The fourth-order valence-corrected chi connectivity index (χ4v) is 4.18. The van der Waals surface area contributed by atoms with Crippen molar-refractivity contribution in [3.05, 3.63) is 72.1 Å². The van der Waals surface area contributed by atoms with Crippen LogP contribution in [0.1, 0.15) is 42.4 Å². The van der Waals surface area contributed by atoms with Crippen LogP contribution in [-0.2, 0) is 0 Å². The molecular formula is C22H24N2. The lowest BCUT2D eigenvalue weighted by atomic mass is 9.84. The van der Waals surface area contributed by atoms with E-state index < -0.39 is 0 Å². The highest BCUT2D eigenvalue weighted by Gasteiger charge is 2.31. The molecular weight excluding hydrogens is 292 g/mol. The third-order valence-corrected chi connectivity index (χ3v) is 5.40. The molecule has 0 N–H and O–H groups in total. The quantitative estimate of drug-likeness (QED) is 0.647. The highest BCUT2D eigenvalue weighted by atomic mass is 15.1. The van der Waals surface area contributed by atoms with Crippen LogP contribution in [0.4, 0.5) is 5.69 Å². The van der Waals surface area contributed by atoms with Crippen LogP contribution in [-0.4, -0.2) is 19.1 Å². The standard InChI is InChI=1S/C22H24N2/c1-24(2)17-13-14-23-22(15-17)21-12-6-11-20(21)19-10-5-8-16-7-3-4-9-18(16)19/h3-5,7-10,13-15,20-21H,6,11-12H2,1-2H3. The van der Waals surface area contributed by atoms with E-state index in [0.29, 0.717) is 11.8 Å². The molecule has 1 saturated carbocycles. The molecule has 2 aromatic carbocycles. The Morgan fingerprint density at radius 3 is 2.58 bits per heavy atom. The van der Waals surface area contributed by atoms with Crippen molar-refractivity contribution in [1.82, 2.24) is 4.98 Å². The smallest absolute Gasteiger partial charge is 0.0461 e. The van der Waals surface area contributed by atoms with Gasteiger partial charge in [-0.15, -0.1) is 0 Å². The van der Waals surface area contributed by atoms with E-state index in [0.717, 1.165) is 0 Å². The molecule has 2 atom stereocenters. The van der Waals surface area contributed by atoms with Gasteiger partial charge in [-0.25, -0.2) is 0 Å². The molecule has 1 heterocycles. The third-order valence-electron chi connectivity index (χ3n) is 5.40. The zero-order valence-corrected chi connectivity index (χ0v) is 14.4. The van der Waals surface area contributed by atoms with Crippen molar-refractivity contribution in [2.75, 3.05) is 19.0 Å². The Bertz CT molecular complexity index is 848. The van der Waals surface area contributed by atoms with E-state index in [1.807, 2.05) is 6.20 Å². The molecule has 0 spiro atoms. The maximum absolute atomic E-state index is 4.73. The number of pyridine rings is 1. The SMILES string of the molecule is CN(C)c1ccnc(C2CCCC2c2cccc3ccccc23)c1. The Morgan fingerprint density at radius 1 is 0.917 bits per heavy atom. The van der Waals surface area contributed by atoms with E-state index in [-0.39, 0.29) is 0 Å². The Balaban J connectivity index is 1.76. The lowest BCUT2D eigenvalue weighted by Crippen LogP contribution is -2.11. The van der Waals surface area contributed by atoms with Crippen molar-refractivity contribution < 1.29 is 0 Å². The first-order chi connectivity index (χ1) is 11.7. The molecule has 1 aliphatic rings. The summed E-state index contributed by atoms with van der Waals surface area (Å²) in [5, 5.41) is 2.75. The monoisotopic (exact) mass is 316 g/mol. The molecule has 0 amide bonds. The minimum absolute atomic E-state index is 0.524. The summed E-state index contributed by atoms with van der Waals surface area (Å²) in [6, 6.07) is 19.9. The number of hydrogen-bond acceptors (Lipinski definition) is 2. The summed E-state index contributed by atoms with van der Waals surface area (Å²) in [7, 11) is 4.19. The maximum atomic E-state index is 4.73. The van der Waals surface area contributed by atoms with Crippen molar-refractivity contribution in [2.24, 2.45) is 0 Å². The molecule has 3 aromatic rings. The molecule has 4 rings (SSSR count). The van der Waals surface area contributed by atoms with E-state index >= 15 is 0 Å². The lowest BCUT2D eigenvalue weighted by molar-refractivity contribution is 0.611. The molecule has 1 fully saturated rings. The van der Waals surface area contributed by atoms with Crippen molar-refractivity contribution in [3.8, 4) is 0 Å². The van der Waals surface area contributed by atoms with Crippen molar-refractivity contribution in [1.29, 1.82) is 0 Å². The van der Waals surface area contributed by atoms with Gasteiger partial charge in [0.15, 0.2) is 0 Å². The van der Waals surface area contributed by atoms with Gasteiger partial charge >= 0.3 is 0 Å². The van der Waals surface area contributed by atoms with Gasteiger partial charge in [-0.1, -0.05) is 48.9 Å². The van der Waals surface area contributed by atoms with Crippen LogP contribution in [0, 0.1) is 0 Å². The first-order valence-corrected chi connectivity index (χ1v) is 8.85. The predicted octanol–water partition coefficient (Wildman–Crippen LogP) is 5.35. The average Bonchev–Trinajstić information content (AvgIpc) is 3.11. The number of rotatable bonds is 3. The lowest BCUT2D eigenvalue weighted by Gasteiger charge is -2.22. The van der Waals surface area contributed by atoms with Crippen LogP contribution < -0.4 is 4.90 Å². The van der Waals surface area contributed by atoms with Gasteiger partial charge in [0.2, 0.25) is 0 Å². The molecule has 0 aliphatic heterocycles. The van der Waals surface area contributed by atoms with Gasteiger partial charge in [-0.3, -0.25) is 4.98 Å². The van der Waals surface area contributed by atoms with E-state index in [1.54, 1.807) is 0 Å². The minimum atomic E-state index is 0.524. The number of benzene rings is 2. The number of hydrogen-bond donors (Lipinski definition) is 0. The molecule has 0 saturated heterocycles. The molecule has 2 heteroatoms. The molecule has 0 bridgehead atoms. The maximum Gasteiger partial charge on any atom is 0.0461 e. The van der Waals surface area contributed by atoms with Gasteiger partial charge in [-0.2, -0.15) is 0 Å². The summed E-state index contributed by atoms with van der Waals surface area (Å²) in [5.41, 5.74) is 3.98. The molecule has 1 aromatic heterocycles. The van der Waals surface area contributed by atoms with Crippen LogP contribution >= 0.6 is 0 Å². The summed E-state index contributed by atoms with van der Waals surface area (Å²) < 4.78 is 0. The number of anilines is 1. The molecule has 24 heavy (non-hydrogen) atoms. The zero-order valence-electron chi connectivity index (χ0n) is 14.4. The van der Waals surface area contributed by atoms with Crippen molar-refractivity contribution in [2.45, 2.75) is 31.1 Å². The third kappa shape index (κ3) is 2.66. The van der Waals surface area contributed by atoms with Crippen LogP contribution in [0.15, 0.2) is 60.8 Å². The minimum Gasteiger partial charge on any atom is -0.378 e. The summed E-state index contributed by atoms with van der Waals surface area (Å²) in [6.07, 6.45) is 5.74. The summed E-state index contributed by atoms with van der Waals surface area (Å²) in [6.45, 7) is 0. The van der Waals surface area contributed by atoms with Crippen LogP contribution in [0.5, 0.6) is 0 Å². The van der Waals surface area contributed by atoms with Gasteiger partial charge in [-0.05, 0) is 47.2 Å². The summed E-state index contributed by atoms with van der Waals surface area (Å²) in [4.78, 5) is 6.89. The average molecular weight is 316 g/mol. The topological polar surface area (TPSA) is 16.1 Å². The van der Waals surface area contributed by atoms with Gasteiger partial charge in [0.05, 0.1) is 0 Å². The molecule has 2 nitrogen and oxygen atoms in total. The Labute approximate surface area is 144 Å². The molecule has 122 valence electrons. The van der Waals surface area contributed by atoms with Crippen molar-refractivity contribution >= 4 is 16.5 Å². The largest absolute Gasteiger partial charge is 0.378 e. The molecule has 2 unspecified atom stereocenters. The van der Waals surface area contributed by atoms with Gasteiger partial charge in [0.1, 0.15) is 0 Å². The van der Waals surface area contributed by atoms with Gasteiger partial charge in [0, 0.05) is 37.6 Å². The Hall–Kier alpha value is -2.35. The summed E-state index contributed by atoms with van der Waals surface area (Å²) >= 11 is 0.